The van der Waals surface area contributed by atoms with E-state index in [1.807, 2.05) is 45.9 Å². The van der Waals surface area contributed by atoms with Gasteiger partial charge >= 0.3 is 0 Å². The molecule has 0 saturated carbocycles. The molecule has 0 aliphatic carbocycles. The van der Waals surface area contributed by atoms with Crippen LogP contribution in [-0.4, -0.2) is 19.9 Å². The van der Waals surface area contributed by atoms with Gasteiger partial charge in [-0.1, -0.05) is 41.5 Å². The standard InChI is InChI=1S/C24H25N5O/c1-13-7-6-8-18(10-13)12-20-17(5)26-24(28-22(20)30)29-23-25-16(4)19-11-14(2)9-15(3)21(19)27-23/h6-11H,12H2,1-5H3,(H2,25,26,27,28,29,30). The predicted octanol–water partition coefficient (Wildman–Crippen LogP) is 4.59. The van der Waals surface area contributed by atoms with Crippen LogP contribution in [0.2, 0.25) is 0 Å². The highest BCUT2D eigenvalue weighted by Crippen LogP contribution is 2.23. The van der Waals surface area contributed by atoms with E-state index in [1.165, 1.54) is 11.1 Å². The second kappa shape index (κ2) is 7.71. The van der Waals surface area contributed by atoms with Crippen molar-refractivity contribution in [1.82, 2.24) is 19.9 Å². The van der Waals surface area contributed by atoms with Gasteiger partial charge in [-0.25, -0.2) is 15.0 Å². The number of nitrogens with one attached hydrogen (secondary N) is 2. The minimum atomic E-state index is -0.157. The van der Waals surface area contributed by atoms with E-state index in [4.69, 9.17) is 0 Å². The number of aromatic nitrogens is 4. The lowest BCUT2D eigenvalue weighted by Crippen LogP contribution is -2.19. The van der Waals surface area contributed by atoms with Crippen LogP contribution in [0.25, 0.3) is 10.9 Å². The van der Waals surface area contributed by atoms with Crippen LogP contribution in [0.5, 0.6) is 0 Å². The van der Waals surface area contributed by atoms with Gasteiger partial charge in [-0.2, -0.15) is 0 Å². The van der Waals surface area contributed by atoms with Gasteiger partial charge in [0.2, 0.25) is 11.9 Å². The monoisotopic (exact) mass is 399 g/mol. The molecule has 0 saturated heterocycles. The lowest BCUT2D eigenvalue weighted by molar-refractivity contribution is 0.977. The van der Waals surface area contributed by atoms with E-state index in [0.717, 1.165) is 27.7 Å². The smallest absolute Gasteiger partial charge is 0.256 e. The molecule has 2 N–H and O–H groups in total. The predicted molar refractivity (Wildman–Crippen MR) is 121 cm³/mol. The summed E-state index contributed by atoms with van der Waals surface area (Å²) in [4.78, 5) is 29.3. The average Bonchev–Trinajstić information content (AvgIpc) is 2.66. The third-order valence-electron chi connectivity index (χ3n) is 5.24. The van der Waals surface area contributed by atoms with E-state index in [1.54, 1.807) is 0 Å². The van der Waals surface area contributed by atoms with Crippen LogP contribution in [0.4, 0.5) is 11.9 Å². The third-order valence-corrected chi connectivity index (χ3v) is 5.24. The second-order valence-corrected chi connectivity index (χ2v) is 7.88. The summed E-state index contributed by atoms with van der Waals surface area (Å²) in [7, 11) is 0. The summed E-state index contributed by atoms with van der Waals surface area (Å²) < 4.78 is 0. The summed E-state index contributed by atoms with van der Waals surface area (Å²) in [6.45, 7) is 9.95. The summed E-state index contributed by atoms with van der Waals surface area (Å²) in [6, 6.07) is 12.3. The molecule has 4 aromatic rings. The zero-order chi connectivity index (χ0) is 21.4. The Morgan fingerprint density at radius 1 is 0.900 bits per heavy atom. The molecule has 0 radical (unpaired) electrons. The molecule has 0 spiro atoms. The van der Waals surface area contributed by atoms with Crippen LogP contribution >= 0.6 is 0 Å². The molecule has 0 fully saturated rings. The fourth-order valence-electron chi connectivity index (χ4n) is 3.80. The molecule has 6 heteroatoms. The first kappa shape index (κ1) is 19.8. The lowest BCUT2D eigenvalue weighted by atomic mass is 10.0. The van der Waals surface area contributed by atoms with Gasteiger partial charge in [0.1, 0.15) is 0 Å². The molecule has 2 aromatic heterocycles. The number of rotatable bonds is 4. The molecule has 0 unspecified atom stereocenters. The van der Waals surface area contributed by atoms with E-state index in [2.05, 4.69) is 50.4 Å². The van der Waals surface area contributed by atoms with Crippen LogP contribution in [-0.2, 0) is 6.42 Å². The van der Waals surface area contributed by atoms with Gasteiger partial charge in [-0.05, 0) is 51.8 Å². The lowest BCUT2D eigenvalue weighted by Gasteiger charge is -2.11. The summed E-state index contributed by atoms with van der Waals surface area (Å²) >= 11 is 0. The van der Waals surface area contributed by atoms with Gasteiger partial charge in [-0.15, -0.1) is 0 Å². The van der Waals surface area contributed by atoms with Crippen molar-refractivity contribution in [2.24, 2.45) is 0 Å². The Labute approximate surface area is 175 Å². The molecule has 0 amide bonds. The van der Waals surface area contributed by atoms with Crippen molar-refractivity contribution in [3.63, 3.8) is 0 Å². The van der Waals surface area contributed by atoms with Crippen LogP contribution in [0.1, 0.15) is 39.2 Å². The van der Waals surface area contributed by atoms with Gasteiger partial charge < -0.3 is 0 Å². The van der Waals surface area contributed by atoms with Crippen molar-refractivity contribution < 1.29 is 0 Å². The Balaban J connectivity index is 1.67. The Morgan fingerprint density at radius 2 is 1.70 bits per heavy atom. The number of hydrogen-bond acceptors (Lipinski definition) is 5. The molecule has 2 heterocycles. The number of aromatic amines is 1. The molecule has 2 aromatic carbocycles. The molecular formula is C24H25N5O. The van der Waals surface area contributed by atoms with Crippen LogP contribution in [0.15, 0.2) is 41.2 Å². The summed E-state index contributed by atoms with van der Waals surface area (Å²) in [6.07, 6.45) is 0.542. The molecule has 152 valence electrons. The molecule has 0 aliphatic heterocycles. The van der Waals surface area contributed by atoms with Crippen LogP contribution in [0.3, 0.4) is 0 Å². The van der Waals surface area contributed by atoms with Crippen molar-refractivity contribution in [1.29, 1.82) is 0 Å². The zero-order valence-electron chi connectivity index (χ0n) is 17.9. The highest BCUT2D eigenvalue weighted by molar-refractivity contribution is 5.85. The number of aryl methyl sites for hydroxylation is 5. The Bertz CT molecular complexity index is 1320. The highest BCUT2D eigenvalue weighted by Gasteiger charge is 2.12. The van der Waals surface area contributed by atoms with E-state index >= 15 is 0 Å². The number of hydrogen-bond donors (Lipinski definition) is 2. The highest BCUT2D eigenvalue weighted by atomic mass is 16.1. The molecule has 30 heavy (non-hydrogen) atoms. The SMILES string of the molecule is Cc1cccc(Cc2c(C)nc(Nc3nc(C)c4cc(C)cc(C)c4n3)[nH]c2=O)c1. The van der Waals surface area contributed by atoms with Crippen LogP contribution < -0.4 is 10.9 Å². The van der Waals surface area contributed by atoms with Gasteiger partial charge in [0, 0.05) is 17.4 Å². The first-order chi connectivity index (χ1) is 14.3. The largest absolute Gasteiger partial charge is 0.294 e. The third kappa shape index (κ3) is 3.94. The Morgan fingerprint density at radius 3 is 2.43 bits per heavy atom. The fourth-order valence-corrected chi connectivity index (χ4v) is 3.80. The van der Waals surface area contributed by atoms with Crippen molar-refractivity contribution in [3.05, 3.63) is 86.0 Å². The molecule has 0 aliphatic rings. The van der Waals surface area contributed by atoms with Crippen molar-refractivity contribution in [2.75, 3.05) is 5.32 Å². The Hall–Kier alpha value is -3.54. The van der Waals surface area contributed by atoms with Crippen LogP contribution in [0, 0.1) is 34.6 Å². The number of anilines is 2. The first-order valence-corrected chi connectivity index (χ1v) is 9.98. The second-order valence-electron chi connectivity index (χ2n) is 7.88. The summed E-state index contributed by atoms with van der Waals surface area (Å²) in [5.41, 5.74) is 7.49. The van der Waals surface area contributed by atoms with Gasteiger partial charge in [0.15, 0.2) is 0 Å². The van der Waals surface area contributed by atoms with Crippen molar-refractivity contribution >= 4 is 22.8 Å². The minimum Gasteiger partial charge on any atom is -0.294 e. The first-order valence-electron chi connectivity index (χ1n) is 9.98. The molecule has 6 nitrogen and oxygen atoms in total. The minimum absolute atomic E-state index is 0.157. The number of nitrogens with zero attached hydrogens (tertiary/aromatic N) is 3. The summed E-state index contributed by atoms with van der Waals surface area (Å²) in [5.74, 6) is 0.759. The average molecular weight is 399 g/mol. The van der Waals surface area contributed by atoms with Gasteiger partial charge in [-0.3, -0.25) is 15.1 Å². The normalized spacial score (nSPS) is 11.1. The molecule has 0 bridgehead atoms. The number of fused-ring (bicyclic) bond motifs is 1. The zero-order valence-corrected chi connectivity index (χ0v) is 17.9. The molecule has 4 rings (SSSR count). The fraction of sp³-hybridized carbons (Fsp3) is 0.250. The van der Waals surface area contributed by atoms with Crippen molar-refractivity contribution in [2.45, 2.75) is 41.0 Å². The quantitative estimate of drug-likeness (QED) is 0.524. The van der Waals surface area contributed by atoms with Gasteiger partial charge in [0.05, 0.1) is 16.9 Å². The number of benzene rings is 2. The van der Waals surface area contributed by atoms with Crippen molar-refractivity contribution in [3.8, 4) is 0 Å². The number of H-pyrrole nitrogens is 1. The summed E-state index contributed by atoms with van der Waals surface area (Å²) in [5, 5.41) is 4.10. The maximum absolute atomic E-state index is 12.7. The van der Waals surface area contributed by atoms with Gasteiger partial charge in [0.25, 0.3) is 5.56 Å². The molecule has 0 atom stereocenters. The topological polar surface area (TPSA) is 83.6 Å². The van der Waals surface area contributed by atoms with E-state index in [0.29, 0.717) is 29.6 Å². The maximum atomic E-state index is 12.7. The molecular weight excluding hydrogens is 374 g/mol. The Kier molecular flexibility index (Phi) is 5.08. The van der Waals surface area contributed by atoms with E-state index in [-0.39, 0.29) is 5.56 Å². The maximum Gasteiger partial charge on any atom is 0.256 e. The van der Waals surface area contributed by atoms with E-state index < -0.39 is 0 Å². The van der Waals surface area contributed by atoms with E-state index in [9.17, 15) is 4.79 Å².